The number of sulfone groups is 1. The number of aromatic nitrogens is 2. The van der Waals surface area contributed by atoms with Crippen LogP contribution in [0.3, 0.4) is 0 Å². The zero-order valence-electron chi connectivity index (χ0n) is 11.7. The quantitative estimate of drug-likeness (QED) is 0.919. The van der Waals surface area contributed by atoms with Gasteiger partial charge in [0, 0.05) is 6.20 Å². The summed E-state index contributed by atoms with van der Waals surface area (Å²) in [4.78, 5) is 0.117. The molecule has 0 saturated carbocycles. The molecule has 0 fully saturated rings. The lowest BCUT2D eigenvalue weighted by atomic mass is 10.3. The third kappa shape index (κ3) is 2.51. The van der Waals surface area contributed by atoms with Crippen LogP contribution in [0.1, 0.15) is 20.8 Å². The summed E-state index contributed by atoms with van der Waals surface area (Å²) in [6, 6.07) is 3.26. The predicted octanol–water partition coefficient (Wildman–Crippen LogP) is 1.28. The van der Waals surface area contributed by atoms with Crippen LogP contribution in [0.5, 0.6) is 5.75 Å². The van der Waals surface area contributed by atoms with Gasteiger partial charge in [-0.1, -0.05) is 0 Å². The van der Waals surface area contributed by atoms with E-state index in [0.717, 1.165) is 0 Å². The Hall–Kier alpha value is -1.60. The molecule has 110 valence electrons. The Bertz CT molecular complexity index is 714. The molecule has 0 unspecified atom stereocenters. The molecule has 2 aromatic heterocycles. The predicted molar refractivity (Wildman–Crippen MR) is 74.7 cm³/mol. The van der Waals surface area contributed by atoms with Gasteiger partial charge >= 0.3 is 0 Å². The van der Waals surface area contributed by atoms with Crippen LogP contribution < -0.4 is 4.74 Å². The fraction of sp³-hybridized carbons (Fsp3) is 0.462. The second kappa shape index (κ2) is 5.06. The van der Waals surface area contributed by atoms with Crippen LogP contribution in [0, 0.1) is 0 Å². The van der Waals surface area contributed by atoms with Crippen LogP contribution in [-0.2, 0) is 9.84 Å². The Morgan fingerprint density at radius 1 is 1.40 bits per heavy atom. The Labute approximate surface area is 117 Å². The van der Waals surface area contributed by atoms with E-state index in [4.69, 9.17) is 9.84 Å². The fourth-order valence-corrected chi connectivity index (χ4v) is 3.04. The number of nitrogens with zero attached hydrogens (tertiary/aromatic N) is 2. The number of aliphatic hydroxyl groups is 1. The lowest BCUT2D eigenvalue weighted by Crippen LogP contribution is -2.28. The first-order valence-electron chi connectivity index (χ1n) is 6.23. The van der Waals surface area contributed by atoms with Gasteiger partial charge in [0.05, 0.1) is 23.1 Å². The van der Waals surface area contributed by atoms with Gasteiger partial charge in [0.15, 0.2) is 15.6 Å². The van der Waals surface area contributed by atoms with Gasteiger partial charge in [-0.05, 0) is 32.9 Å². The third-order valence-electron chi connectivity index (χ3n) is 2.91. The molecule has 7 heteroatoms. The number of ether oxygens (including phenoxy) is 1. The number of pyridine rings is 1. The number of fused-ring (bicyclic) bond motifs is 1. The summed E-state index contributed by atoms with van der Waals surface area (Å²) in [5.41, 5.74) is 0.671. The van der Waals surface area contributed by atoms with Crippen LogP contribution in [0.2, 0.25) is 0 Å². The van der Waals surface area contributed by atoms with Crippen molar-refractivity contribution in [1.29, 1.82) is 0 Å². The molecular weight excluding hydrogens is 280 g/mol. The maximum atomic E-state index is 12.6. The van der Waals surface area contributed by atoms with E-state index < -0.39 is 14.6 Å². The zero-order valence-corrected chi connectivity index (χ0v) is 12.5. The van der Waals surface area contributed by atoms with Gasteiger partial charge in [-0.3, -0.25) is 0 Å². The Morgan fingerprint density at radius 3 is 2.70 bits per heavy atom. The SMILES string of the molecule is CC(C)(C)S(=O)(=O)c1cc2ccnn2cc1OCCO. The molecule has 0 atom stereocenters. The average Bonchev–Trinajstić information content (AvgIpc) is 2.80. The molecule has 20 heavy (non-hydrogen) atoms. The molecule has 6 nitrogen and oxygen atoms in total. The topological polar surface area (TPSA) is 80.9 Å². The second-order valence-corrected chi connectivity index (χ2v) is 8.06. The molecule has 0 aliphatic heterocycles. The molecule has 0 saturated heterocycles. The first-order valence-corrected chi connectivity index (χ1v) is 7.71. The first kappa shape index (κ1) is 14.8. The number of hydrogen-bond acceptors (Lipinski definition) is 5. The van der Waals surface area contributed by atoms with E-state index in [9.17, 15) is 8.42 Å². The minimum atomic E-state index is -3.55. The van der Waals surface area contributed by atoms with Crippen molar-refractivity contribution in [3.05, 3.63) is 24.5 Å². The van der Waals surface area contributed by atoms with E-state index in [0.29, 0.717) is 5.52 Å². The molecule has 0 bridgehead atoms. The summed E-state index contributed by atoms with van der Waals surface area (Å²) < 4.78 is 31.2. The summed E-state index contributed by atoms with van der Waals surface area (Å²) >= 11 is 0. The van der Waals surface area contributed by atoms with Gasteiger partial charge < -0.3 is 9.84 Å². The minimum Gasteiger partial charge on any atom is -0.488 e. The van der Waals surface area contributed by atoms with Crippen molar-refractivity contribution in [2.45, 2.75) is 30.4 Å². The zero-order chi connectivity index (χ0) is 15.0. The average molecular weight is 298 g/mol. The molecule has 2 rings (SSSR count). The molecule has 0 aliphatic rings. The van der Waals surface area contributed by atoms with Crippen LogP contribution >= 0.6 is 0 Å². The van der Waals surface area contributed by atoms with E-state index in [1.807, 2.05) is 0 Å². The van der Waals surface area contributed by atoms with Crippen LogP contribution in [-0.4, -0.2) is 41.1 Å². The second-order valence-electron chi connectivity index (χ2n) is 5.39. The van der Waals surface area contributed by atoms with Gasteiger partial charge in [-0.15, -0.1) is 0 Å². The summed E-state index contributed by atoms with van der Waals surface area (Å²) in [6.07, 6.45) is 3.10. The molecule has 0 spiro atoms. The first-order chi connectivity index (χ1) is 9.27. The highest BCUT2D eigenvalue weighted by Gasteiger charge is 2.34. The highest BCUT2D eigenvalue weighted by Crippen LogP contribution is 2.32. The maximum absolute atomic E-state index is 12.6. The number of hydrogen-bond donors (Lipinski definition) is 1. The van der Waals surface area contributed by atoms with E-state index in [2.05, 4.69) is 5.10 Å². The highest BCUT2D eigenvalue weighted by molar-refractivity contribution is 7.92. The van der Waals surface area contributed by atoms with E-state index in [-0.39, 0.29) is 23.9 Å². The van der Waals surface area contributed by atoms with Crippen molar-refractivity contribution < 1.29 is 18.3 Å². The molecular formula is C13H18N2O4S. The van der Waals surface area contributed by atoms with Gasteiger partial charge in [0.25, 0.3) is 0 Å². The molecule has 1 N–H and O–H groups in total. The highest BCUT2D eigenvalue weighted by atomic mass is 32.2. The Kier molecular flexibility index (Phi) is 3.75. The Morgan fingerprint density at radius 2 is 2.10 bits per heavy atom. The van der Waals surface area contributed by atoms with Crippen LogP contribution in [0.4, 0.5) is 0 Å². The van der Waals surface area contributed by atoms with E-state index in [1.165, 1.54) is 10.7 Å². The number of rotatable bonds is 4. The number of aliphatic hydroxyl groups excluding tert-OH is 1. The summed E-state index contributed by atoms with van der Waals surface area (Å²) in [5.74, 6) is 0.199. The summed E-state index contributed by atoms with van der Waals surface area (Å²) in [5, 5.41) is 12.9. The molecule has 2 aromatic rings. The fourth-order valence-electron chi connectivity index (χ4n) is 1.73. The lowest BCUT2D eigenvalue weighted by Gasteiger charge is -2.21. The van der Waals surface area contributed by atoms with Gasteiger partial charge in [0.1, 0.15) is 11.5 Å². The molecule has 0 aliphatic carbocycles. The molecule has 0 radical (unpaired) electrons. The lowest BCUT2D eigenvalue weighted by molar-refractivity contribution is 0.197. The van der Waals surface area contributed by atoms with Crippen LogP contribution in [0.25, 0.3) is 5.52 Å². The van der Waals surface area contributed by atoms with Crippen molar-refractivity contribution in [2.24, 2.45) is 0 Å². The molecule has 2 heterocycles. The third-order valence-corrected chi connectivity index (χ3v) is 5.42. The summed E-state index contributed by atoms with van der Waals surface area (Å²) in [7, 11) is -3.55. The van der Waals surface area contributed by atoms with E-state index in [1.54, 1.807) is 39.1 Å². The van der Waals surface area contributed by atoms with Gasteiger partial charge in [0.2, 0.25) is 0 Å². The standard InChI is InChI=1S/C13H18N2O4S/c1-13(2,3)20(17,18)12-8-10-4-5-14-15(10)9-11(12)19-7-6-16/h4-5,8-9,16H,6-7H2,1-3H3. The van der Waals surface area contributed by atoms with Crippen molar-refractivity contribution in [3.63, 3.8) is 0 Å². The minimum absolute atomic E-state index is 0.0272. The van der Waals surface area contributed by atoms with Gasteiger partial charge in [-0.25, -0.2) is 12.9 Å². The molecule has 0 amide bonds. The van der Waals surface area contributed by atoms with Gasteiger partial charge in [-0.2, -0.15) is 5.10 Å². The molecule has 0 aromatic carbocycles. The van der Waals surface area contributed by atoms with Crippen molar-refractivity contribution >= 4 is 15.4 Å². The maximum Gasteiger partial charge on any atom is 0.187 e. The van der Waals surface area contributed by atoms with Crippen molar-refractivity contribution in [2.75, 3.05) is 13.2 Å². The smallest absolute Gasteiger partial charge is 0.187 e. The normalized spacial score (nSPS) is 12.8. The van der Waals surface area contributed by atoms with Crippen molar-refractivity contribution in [1.82, 2.24) is 9.61 Å². The Balaban J connectivity index is 2.65. The largest absolute Gasteiger partial charge is 0.488 e. The summed E-state index contributed by atoms with van der Waals surface area (Å²) in [6.45, 7) is 4.75. The van der Waals surface area contributed by atoms with Crippen LogP contribution in [0.15, 0.2) is 29.4 Å². The van der Waals surface area contributed by atoms with Crippen molar-refractivity contribution in [3.8, 4) is 5.75 Å². The monoisotopic (exact) mass is 298 g/mol. The van der Waals surface area contributed by atoms with E-state index >= 15 is 0 Å².